The molecule has 110 valence electrons. The highest BCUT2D eigenvalue weighted by molar-refractivity contribution is 5.53. The molecule has 0 aliphatic carbocycles. The van der Waals surface area contributed by atoms with E-state index in [0.717, 1.165) is 18.8 Å². The van der Waals surface area contributed by atoms with Gasteiger partial charge in [0.2, 0.25) is 6.33 Å². The quantitative estimate of drug-likeness (QED) is 0.569. The van der Waals surface area contributed by atoms with Gasteiger partial charge in [-0.15, -0.1) is 0 Å². The summed E-state index contributed by atoms with van der Waals surface area (Å²) in [4.78, 5) is 2.42. The maximum Gasteiger partial charge on any atom is 0.243 e. The van der Waals surface area contributed by atoms with Crippen molar-refractivity contribution in [2.24, 2.45) is 7.05 Å². The summed E-state index contributed by atoms with van der Waals surface area (Å²) in [6.07, 6.45) is 7.58. The molecule has 1 atom stereocenters. The molecule has 20 heavy (non-hydrogen) atoms. The molecule has 2 heterocycles. The molecular weight excluding hydrogens is 272 g/mol. The highest BCUT2D eigenvalue weighted by atomic mass is 35.5. The van der Waals surface area contributed by atoms with Gasteiger partial charge in [0.1, 0.15) is 18.4 Å². The van der Waals surface area contributed by atoms with Crippen LogP contribution in [0.3, 0.4) is 0 Å². The van der Waals surface area contributed by atoms with E-state index in [2.05, 4.69) is 51.9 Å². The molecule has 3 rings (SSSR count). The van der Waals surface area contributed by atoms with Gasteiger partial charge in [0.15, 0.2) is 0 Å². The largest absolute Gasteiger partial charge is 1.00 e. The number of hydrogen-bond acceptors (Lipinski definition) is 2. The van der Waals surface area contributed by atoms with Gasteiger partial charge in [0.05, 0.1) is 13.6 Å². The molecule has 1 unspecified atom stereocenters. The summed E-state index contributed by atoms with van der Waals surface area (Å²) in [6.45, 7) is 2.18. The van der Waals surface area contributed by atoms with Crippen LogP contribution in [0, 0.1) is 0 Å². The van der Waals surface area contributed by atoms with Crippen LogP contribution in [0.2, 0.25) is 0 Å². The van der Waals surface area contributed by atoms with E-state index in [0.29, 0.717) is 6.04 Å². The molecule has 0 saturated carbocycles. The van der Waals surface area contributed by atoms with Crippen molar-refractivity contribution in [3.8, 4) is 0 Å². The third kappa shape index (κ3) is 3.25. The number of anilines is 2. The van der Waals surface area contributed by atoms with E-state index in [9.17, 15) is 0 Å². The second-order valence-electron chi connectivity index (χ2n) is 5.01. The minimum Gasteiger partial charge on any atom is -1.00 e. The van der Waals surface area contributed by atoms with Gasteiger partial charge in [0.25, 0.3) is 0 Å². The Balaban J connectivity index is 0.000001000. The Morgan fingerprint density at radius 1 is 1.25 bits per heavy atom. The van der Waals surface area contributed by atoms with Crippen LogP contribution in [0.1, 0.15) is 19.9 Å². The van der Waals surface area contributed by atoms with Gasteiger partial charge >= 0.3 is 0 Å². The summed E-state index contributed by atoms with van der Waals surface area (Å²) in [7, 11) is 2.06. The molecule has 1 aliphatic heterocycles. The number of nitrogens with two attached hydrogens (primary N) is 1. The van der Waals surface area contributed by atoms with Crippen LogP contribution in [0.25, 0.3) is 0 Å². The van der Waals surface area contributed by atoms with Crippen molar-refractivity contribution in [3.05, 3.63) is 43.0 Å². The molecule has 0 bridgehead atoms. The van der Waals surface area contributed by atoms with Crippen molar-refractivity contribution in [1.29, 1.82) is 0 Å². The summed E-state index contributed by atoms with van der Waals surface area (Å²) < 4.78 is 4.39. The van der Waals surface area contributed by atoms with Crippen LogP contribution in [0.5, 0.6) is 0 Å². The Kier molecular flexibility index (Phi) is 5.45. The smallest absolute Gasteiger partial charge is 0.243 e. The summed E-state index contributed by atoms with van der Waals surface area (Å²) >= 11 is 0. The van der Waals surface area contributed by atoms with E-state index >= 15 is 0 Å². The molecule has 0 spiro atoms. The fourth-order valence-electron chi connectivity index (χ4n) is 2.59. The van der Waals surface area contributed by atoms with Crippen molar-refractivity contribution >= 4 is 11.4 Å². The standard InChI is InChI=1S/C14H19N4.CH4.ClH/c1-16-8-9-18(11-16)14-6-7-17(10-14)13-4-2-12(15)3-5-13;;/h2-5,8-9,11,14H,6-7,10,15H2,1H3;1H4;1H/q+1;;/p-1. The Morgan fingerprint density at radius 3 is 2.55 bits per heavy atom. The lowest BCUT2D eigenvalue weighted by atomic mass is 10.2. The lowest BCUT2D eigenvalue weighted by Gasteiger charge is -2.17. The zero-order chi connectivity index (χ0) is 12.5. The second-order valence-corrected chi connectivity index (χ2v) is 5.01. The first-order valence-corrected chi connectivity index (χ1v) is 6.35. The number of halogens is 1. The van der Waals surface area contributed by atoms with E-state index in [1.165, 1.54) is 12.1 Å². The number of aromatic nitrogens is 2. The number of nitrogen functional groups attached to an aromatic ring is 1. The van der Waals surface area contributed by atoms with Crippen LogP contribution in [0.4, 0.5) is 11.4 Å². The highest BCUT2D eigenvalue weighted by Crippen LogP contribution is 2.26. The third-order valence-electron chi connectivity index (χ3n) is 3.63. The first-order chi connectivity index (χ1) is 8.72. The van der Waals surface area contributed by atoms with Crippen LogP contribution in [0.15, 0.2) is 43.0 Å². The average Bonchev–Trinajstić information content (AvgIpc) is 2.98. The van der Waals surface area contributed by atoms with Gasteiger partial charge in [-0.25, -0.2) is 9.13 Å². The monoisotopic (exact) mass is 294 g/mol. The minimum atomic E-state index is 0. The number of benzene rings is 1. The molecular formula is C15H23ClN4. The Labute approximate surface area is 127 Å². The van der Waals surface area contributed by atoms with Gasteiger partial charge in [0, 0.05) is 24.3 Å². The summed E-state index contributed by atoms with van der Waals surface area (Å²) in [5.74, 6) is 0. The average molecular weight is 295 g/mol. The SMILES string of the molecule is C.C[n+]1ccn(C2CCN(c3ccc(N)cc3)C2)c1.[Cl-]. The van der Waals surface area contributed by atoms with E-state index in [-0.39, 0.29) is 19.8 Å². The molecule has 1 aromatic carbocycles. The van der Waals surface area contributed by atoms with Crippen LogP contribution in [-0.2, 0) is 7.05 Å². The summed E-state index contributed by atoms with van der Waals surface area (Å²) in [5, 5.41) is 0. The number of rotatable bonds is 2. The molecule has 2 aromatic rings. The lowest BCUT2D eigenvalue weighted by molar-refractivity contribution is -0.671. The molecule has 4 nitrogen and oxygen atoms in total. The third-order valence-corrected chi connectivity index (χ3v) is 3.63. The highest BCUT2D eigenvalue weighted by Gasteiger charge is 2.27. The number of imidazole rings is 1. The predicted molar refractivity (Wildman–Crippen MR) is 79.1 cm³/mol. The number of aryl methyl sites for hydroxylation is 1. The summed E-state index contributed by atoms with van der Waals surface area (Å²) in [6, 6.07) is 8.72. The lowest BCUT2D eigenvalue weighted by Crippen LogP contribution is -3.00. The first kappa shape index (κ1) is 16.4. The molecule has 1 fully saturated rings. The molecule has 0 radical (unpaired) electrons. The van der Waals surface area contributed by atoms with Crippen molar-refractivity contribution in [1.82, 2.24) is 4.57 Å². The molecule has 1 aromatic heterocycles. The van der Waals surface area contributed by atoms with Crippen molar-refractivity contribution in [2.75, 3.05) is 23.7 Å². The fourth-order valence-corrected chi connectivity index (χ4v) is 2.59. The zero-order valence-corrected chi connectivity index (χ0v) is 11.8. The number of hydrogen-bond donors (Lipinski definition) is 1. The zero-order valence-electron chi connectivity index (χ0n) is 11.0. The van der Waals surface area contributed by atoms with Crippen LogP contribution in [-0.4, -0.2) is 17.7 Å². The normalized spacial score (nSPS) is 17.4. The minimum absolute atomic E-state index is 0. The van der Waals surface area contributed by atoms with Gasteiger partial charge < -0.3 is 23.0 Å². The molecule has 1 saturated heterocycles. The van der Waals surface area contributed by atoms with Crippen molar-refractivity contribution in [3.63, 3.8) is 0 Å². The Bertz CT molecular complexity index is 535. The Hall–Kier alpha value is -1.68. The Morgan fingerprint density at radius 2 is 1.95 bits per heavy atom. The maximum atomic E-state index is 5.72. The van der Waals surface area contributed by atoms with E-state index in [4.69, 9.17) is 5.73 Å². The molecule has 1 aliphatic rings. The second kappa shape index (κ2) is 6.66. The van der Waals surface area contributed by atoms with Crippen LogP contribution < -0.4 is 27.6 Å². The predicted octanol–water partition coefficient (Wildman–Crippen LogP) is -1.01. The molecule has 0 amide bonds. The van der Waals surface area contributed by atoms with E-state index < -0.39 is 0 Å². The van der Waals surface area contributed by atoms with Gasteiger partial charge in [-0.2, -0.15) is 0 Å². The molecule has 2 N–H and O–H groups in total. The maximum absolute atomic E-state index is 5.72. The van der Waals surface area contributed by atoms with Crippen molar-refractivity contribution < 1.29 is 17.0 Å². The topological polar surface area (TPSA) is 38.1 Å². The summed E-state index contributed by atoms with van der Waals surface area (Å²) in [5.41, 5.74) is 7.81. The molecule has 5 heteroatoms. The fraction of sp³-hybridized carbons (Fsp3) is 0.400. The van der Waals surface area contributed by atoms with Crippen LogP contribution >= 0.6 is 0 Å². The van der Waals surface area contributed by atoms with Crippen molar-refractivity contribution in [2.45, 2.75) is 19.9 Å². The van der Waals surface area contributed by atoms with Gasteiger partial charge in [-0.1, -0.05) is 7.43 Å². The number of nitrogens with zero attached hydrogens (tertiary/aromatic N) is 3. The van der Waals surface area contributed by atoms with E-state index in [1.54, 1.807) is 0 Å². The van der Waals surface area contributed by atoms with Gasteiger partial charge in [-0.3, -0.25) is 0 Å². The van der Waals surface area contributed by atoms with Gasteiger partial charge in [-0.05, 0) is 24.3 Å². The van der Waals surface area contributed by atoms with E-state index in [1.807, 2.05) is 12.1 Å². The first-order valence-electron chi connectivity index (χ1n) is 6.35.